The molecule has 3 rings (SSSR count). The smallest absolute Gasteiger partial charge is 0.244 e. The van der Waals surface area contributed by atoms with E-state index in [2.05, 4.69) is 4.98 Å². The Labute approximate surface area is 187 Å². The van der Waals surface area contributed by atoms with E-state index in [-0.39, 0.29) is 39.2 Å². The molecule has 0 aliphatic heterocycles. The number of fused-ring (bicyclic) bond motifs is 1. The maximum atomic E-state index is 14.0. The number of anilines is 1. The predicted octanol–water partition coefficient (Wildman–Crippen LogP) is 3.50. The molecule has 0 aliphatic rings. The Morgan fingerprint density at radius 3 is 2.29 bits per heavy atom. The standard InChI is InChI=1S/C19H18F3N3O3S2.ClH/c1-24(2)7-8-25(19-23-18-15(22)9-13(21)10-16(18)29-19)17(26)11-30(27,28)14-5-3-12(20)4-6-14;/h3-6,9-10H,7-8,11H2,1-2H3;1H. The second-order valence-corrected chi connectivity index (χ2v) is 9.79. The summed E-state index contributed by atoms with van der Waals surface area (Å²) in [7, 11) is -0.503. The Morgan fingerprint density at radius 1 is 1.03 bits per heavy atom. The average molecular weight is 494 g/mol. The maximum absolute atomic E-state index is 14.0. The van der Waals surface area contributed by atoms with Gasteiger partial charge in [0.2, 0.25) is 5.91 Å². The number of rotatable bonds is 7. The molecular formula is C19H19ClF3N3O3S2. The van der Waals surface area contributed by atoms with Crippen LogP contribution in [0.4, 0.5) is 18.3 Å². The summed E-state index contributed by atoms with van der Waals surface area (Å²) in [5, 5.41) is 0.0654. The van der Waals surface area contributed by atoms with E-state index in [1.54, 1.807) is 19.0 Å². The highest BCUT2D eigenvalue weighted by molar-refractivity contribution is 7.92. The first-order chi connectivity index (χ1) is 14.1. The number of hydrogen-bond donors (Lipinski definition) is 0. The minimum atomic E-state index is -4.04. The monoisotopic (exact) mass is 493 g/mol. The normalized spacial score (nSPS) is 11.5. The SMILES string of the molecule is CN(C)CCN(C(=O)CS(=O)(=O)c1ccc(F)cc1)c1nc2c(F)cc(F)cc2s1.Cl. The minimum Gasteiger partial charge on any atom is -0.308 e. The third-order valence-electron chi connectivity index (χ3n) is 4.19. The van der Waals surface area contributed by atoms with Crippen LogP contribution in [0.15, 0.2) is 41.3 Å². The van der Waals surface area contributed by atoms with Crippen molar-refractivity contribution in [3.8, 4) is 0 Å². The quantitative estimate of drug-likeness (QED) is 0.471. The molecule has 0 saturated carbocycles. The summed E-state index contributed by atoms with van der Waals surface area (Å²) in [5.74, 6) is -3.90. The van der Waals surface area contributed by atoms with Gasteiger partial charge >= 0.3 is 0 Å². The van der Waals surface area contributed by atoms with E-state index in [4.69, 9.17) is 0 Å². The number of halogens is 4. The highest BCUT2D eigenvalue weighted by Crippen LogP contribution is 2.31. The molecule has 0 bridgehead atoms. The molecule has 0 unspecified atom stereocenters. The van der Waals surface area contributed by atoms with Crippen LogP contribution in [-0.4, -0.2) is 57.1 Å². The number of thiazole rings is 1. The molecule has 0 aliphatic carbocycles. The Bertz CT molecular complexity index is 1190. The summed E-state index contributed by atoms with van der Waals surface area (Å²) in [6, 6.07) is 5.94. The number of likely N-dealkylation sites (N-methyl/N-ethyl adjacent to an activating group) is 1. The van der Waals surface area contributed by atoms with Crippen LogP contribution in [0.2, 0.25) is 0 Å². The van der Waals surface area contributed by atoms with Gasteiger partial charge in [0.25, 0.3) is 0 Å². The number of amides is 1. The fourth-order valence-corrected chi connectivity index (χ4v) is 4.90. The maximum Gasteiger partial charge on any atom is 0.244 e. The van der Waals surface area contributed by atoms with Crippen LogP contribution in [0.5, 0.6) is 0 Å². The Hall–Kier alpha value is -2.21. The lowest BCUT2D eigenvalue weighted by Crippen LogP contribution is -2.40. The van der Waals surface area contributed by atoms with Crippen molar-refractivity contribution in [2.45, 2.75) is 4.90 Å². The van der Waals surface area contributed by atoms with Crippen LogP contribution in [0.25, 0.3) is 10.2 Å². The molecule has 0 N–H and O–H groups in total. The molecule has 168 valence electrons. The van der Waals surface area contributed by atoms with Gasteiger partial charge in [-0.3, -0.25) is 9.69 Å². The third-order valence-corrected chi connectivity index (χ3v) is 6.83. The van der Waals surface area contributed by atoms with Crippen LogP contribution in [0, 0.1) is 17.5 Å². The number of hydrogen-bond acceptors (Lipinski definition) is 6. The Morgan fingerprint density at radius 2 is 1.68 bits per heavy atom. The number of benzene rings is 2. The lowest BCUT2D eigenvalue weighted by molar-refractivity contribution is -0.116. The molecule has 0 fully saturated rings. The van der Waals surface area contributed by atoms with Gasteiger partial charge in [0, 0.05) is 19.2 Å². The van der Waals surface area contributed by atoms with Gasteiger partial charge in [-0.15, -0.1) is 12.4 Å². The molecule has 12 heteroatoms. The number of aromatic nitrogens is 1. The average Bonchev–Trinajstić information content (AvgIpc) is 3.05. The summed E-state index contributed by atoms with van der Waals surface area (Å²) in [6.45, 7) is 0.476. The molecule has 2 aromatic carbocycles. The van der Waals surface area contributed by atoms with Crippen LogP contribution in [0.3, 0.4) is 0 Å². The molecular weight excluding hydrogens is 475 g/mol. The topological polar surface area (TPSA) is 70.6 Å². The lowest BCUT2D eigenvalue weighted by atomic mass is 10.3. The summed E-state index contributed by atoms with van der Waals surface area (Å²) < 4.78 is 66.0. The first-order valence-electron chi connectivity index (χ1n) is 8.76. The van der Waals surface area contributed by atoms with Gasteiger partial charge in [0.1, 0.15) is 22.9 Å². The zero-order valence-corrected chi connectivity index (χ0v) is 19.0. The summed E-state index contributed by atoms with van der Waals surface area (Å²) in [4.78, 5) is 19.7. The fourth-order valence-electron chi connectivity index (χ4n) is 2.65. The summed E-state index contributed by atoms with van der Waals surface area (Å²) in [5.41, 5.74) is -0.0968. The van der Waals surface area contributed by atoms with Gasteiger partial charge in [-0.1, -0.05) is 11.3 Å². The van der Waals surface area contributed by atoms with Crippen LogP contribution in [0.1, 0.15) is 0 Å². The minimum absolute atomic E-state index is 0. The fraction of sp³-hybridized carbons (Fsp3) is 0.263. The van der Waals surface area contributed by atoms with Crippen LogP contribution >= 0.6 is 23.7 Å². The zero-order valence-electron chi connectivity index (χ0n) is 16.5. The van der Waals surface area contributed by atoms with E-state index in [1.165, 1.54) is 0 Å². The van der Waals surface area contributed by atoms with Gasteiger partial charge in [0.05, 0.1) is 9.60 Å². The van der Waals surface area contributed by atoms with Crippen molar-refractivity contribution < 1.29 is 26.4 Å². The molecule has 0 radical (unpaired) electrons. The number of carbonyl (C=O) groups is 1. The van der Waals surface area contributed by atoms with Gasteiger partial charge in [-0.05, 0) is 44.4 Å². The molecule has 3 aromatic rings. The zero-order chi connectivity index (χ0) is 22.1. The predicted molar refractivity (Wildman–Crippen MR) is 116 cm³/mol. The van der Waals surface area contributed by atoms with Crippen molar-refractivity contribution in [3.05, 3.63) is 53.8 Å². The first kappa shape index (κ1) is 25.1. The van der Waals surface area contributed by atoms with E-state index in [9.17, 15) is 26.4 Å². The van der Waals surface area contributed by atoms with Gasteiger partial charge < -0.3 is 4.90 Å². The summed E-state index contributed by atoms with van der Waals surface area (Å²) in [6.07, 6.45) is 0. The van der Waals surface area contributed by atoms with Gasteiger partial charge in [-0.2, -0.15) is 0 Å². The van der Waals surface area contributed by atoms with E-state index in [1.807, 2.05) is 0 Å². The van der Waals surface area contributed by atoms with Crippen molar-refractivity contribution in [2.24, 2.45) is 0 Å². The van der Waals surface area contributed by atoms with E-state index < -0.39 is 38.9 Å². The second-order valence-electron chi connectivity index (χ2n) is 6.79. The van der Waals surface area contributed by atoms with Crippen molar-refractivity contribution >= 4 is 54.8 Å². The Kier molecular flexibility index (Phi) is 8.04. The van der Waals surface area contributed by atoms with E-state index in [0.717, 1.165) is 46.6 Å². The van der Waals surface area contributed by atoms with Crippen LogP contribution < -0.4 is 4.90 Å². The van der Waals surface area contributed by atoms with Crippen molar-refractivity contribution in [2.75, 3.05) is 37.8 Å². The van der Waals surface area contributed by atoms with Crippen LogP contribution in [-0.2, 0) is 14.6 Å². The molecule has 31 heavy (non-hydrogen) atoms. The van der Waals surface area contributed by atoms with E-state index in [0.29, 0.717) is 12.6 Å². The largest absolute Gasteiger partial charge is 0.308 e. The molecule has 1 amide bonds. The molecule has 6 nitrogen and oxygen atoms in total. The lowest BCUT2D eigenvalue weighted by Gasteiger charge is -2.22. The number of nitrogens with zero attached hydrogens (tertiary/aromatic N) is 3. The van der Waals surface area contributed by atoms with Crippen molar-refractivity contribution in [1.82, 2.24) is 9.88 Å². The molecule has 0 atom stereocenters. The highest BCUT2D eigenvalue weighted by atomic mass is 35.5. The molecule has 0 saturated heterocycles. The number of carbonyl (C=O) groups excluding carboxylic acids is 1. The first-order valence-corrected chi connectivity index (χ1v) is 11.2. The van der Waals surface area contributed by atoms with Gasteiger partial charge in [-0.25, -0.2) is 26.6 Å². The molecule has 1 heterocycles. The third kappa shape index (κ3) is 5.94. The number of sulfone groups is 1. The summed E-state index contributed by atoms with van der Waals surface area (Å²) >= 11 is 0.889. The Balaban J connectivity index is 0.00000341. The highest BCUT2D eigenvalue weighted by Gasteiger charge is 2.27. The van der Waals surface area contributed by atoms with E-state index >= 15 is 0 Å². The van der Waals surface area contributed by atoms with Gasteiger partial charge in [0.15, 0.2) is 20.8 Å². The second kappa shape index (κ2) is 9.94. The van der Waals surface area contributed by atoms with Crippen molar-refractivity contribution in [1.29, 1.82) is 0 Å². The molecule has 1 aromatic heterocycles. The molecule has 0 spiro atoms. The van der Waals surface area contributed by atoms with Crippen molar-refractivity contribution in [3.63, 3.8) is 0 Å².